The minimum Gasteiger partial charge on any atom is -0.390 e. The number of aromatic amines is 1. The highest BCUT2D eigenvalue weighted by molar-refractivity contribution is 6.39. The van der Waals surface area contributed by atoms with Gasteiger partial charge in [0.15, 0.2) is 0 Å². The number of anilines is 1. The SMILES string of the molecule is O=C(Nc1ccc2[nH]ccc2c1)C(=O)NC1c2ccccc2CC1O. The molecule has 2 amide bonds. The lowest BCUT2D eigenvalue weighted by atomic mass is 10.1. The zero-order chi connectivity index (χ0) is 17.4. The number of carbonyl (C=O) groups is 2. The number of aliphatic hydroxyl groups is 1. The van der Waals surface area contributed by atoms with E-state index in [0.717, 1.165) is 22.0 Å². The van der Waals surface area contributed by atoms with Gasteiger partial charge in [0.05, 0.1) is 12.1 Å². The van der Waals surface area contributed by atoms with E-state index < -0.39 is 24.0 Å². The van der Waals surface area contributed by atoms with Crippen molar-refractivity contribution in [1.82, 2.24) is 10.3 Å². The second-order valence-corrected chi connectivity index (χ2v) is 6.16. The van der Waals surface area contributed by atoms with Crippen LogP contribution in [0.2, 0.25) is 0 Å². The van der Waals surface area contributed by atoms with Crippen molar-refractivity contribution in [1.29, 1.82) is 0 Å². The molecule has 126 valence electrons. The van der Waals surface area contributed by atoms with Gasteiger partial charge in [0.2, 0.25) is 0 Å². The molecule has 1 aliphatic carbocycles. The second kappa shape index (κ2) is 6.07. The number of benzene rings is 2. The number of hydrogen-bond donors (Lipinski definition) is 4. The fourth-order valence-corrected chi connectivity index (χ4v) is 3.27. The van der Waals surface area contributed by atoms with Crippen LogP contribution in [-0.2, 0) is 16.0 Å². The number of aliphatic hydroxyl groups excluding tert-OH is 1. The van der Waals surface area contributed by atoms with Gasteiger partial charge in [-0.15, -0.1) is 0 Å². The minimum absolute atomic E-state index is 0.465. The minimum atomic E-state index is -0.769. The van der Waals surface area contributed by atoms with E-state index in [1.54, 1.807) is 12.1 Å². The molecule has 4 rings (SSSR count). The molecule has 1 aromatic heterocycles. The van der Waals surface area contributed by atoms with E-state index in [1.807, 2.05) is 42.6 Å². The molecule has 1 aliphatic rings. The molecule has 6 heteroatoms. The molecular weight excluding hydrogens is 318 g/mol. The standard InChI is InChI=1S/C19H17N3O3/c23-16-10-11-3-1-2-4-14(11)17(16)22-19(25)18(24)21-13-5-6-15-12(9-13)7-8-20-15/h1-9,16-17,20,23H,10H2,(H,21,24)(H,22,25). The van der Waals surface area contributed by atoms with E-state index in [-0.39, 0.29) is 0 Å². The van der Waals surface area contributed by atoms with Crippen molar-refractivity contribution in [3.63, 3.8) is 0 Å². The molecule has 2 unspecified atom stereocenters. The molecule has 2 aromatic carbocycles. The summed E-state index contributed by atoms with van der Waals surface area (Å²) in [6, 6.07) is 14.2. The van der Waals surface area contributed by atoms with Crippen LogP contribution in [0.4, 0.5) is 5.69 Å². The second-order valence-electron chi connectivity index (χ2n) is 6.16. The van der Waals surface area contributed by atoms with Gasteiger partial charge < -0.3 is 20.7 Å². The Labute approximate surface area is 143 Å². The third-order valence-corrected chi connectivity index (χ3v) is 4.51. The van der Waals surface area contributed by atoms with E-state index >= 15 is 0 Å². The molecular formula is C19H17N3O3. The Hall–Kier alpha value is -3.12. The maximum absolute atomic E-state index is 12.2. The van der Waals surface area contributed by atoms with Crippen LogP contribution in [0.25, 0.3) is 10.9 Å². The van der Waals surface area contributed by atoms with Crippen molar-refractivity contribution in [2.45, 2.75) is 18.6 Å². The Balaban J connectivity index is 1.46. The van der Waals surface area contributed by atoms with Crippen molar-refractivity contribution < 1.29 is 14.7 Å². The fourth-order valence-electron chi connectivity index (χ4n) is 3.27. The summed E-state index contributed by atoms with van der Waals surface area (Å²) in [6.45, 7) is 0. The van der Waals surface area contributed by atoms with Crippen LogP contribution < -0.4 is 10.6 Å². The van der Waals surface area contributed by atoms with Gasteiger partial charge in [-0.3, -0.25) is 9.59 Å². The molecule has 0 bridgehead atoms. The van der Waals surface area contributed by atoms with Gasteiger partial charge >= 0.3 is 11.8 Å². The van der Waals surface area contributed by atoms with Crippen molar-refractivity contribution in [3.8, 4) is 0 Å². The molecule has 0 fully saturated rings. The summed E-state index contributed by atoms with van der Waals surface area (Å²) in [5, 5.41) is 16.3. The zero-order valence-electron chi connectivity index (χ0n) is 13.3. The topological polar surface area (TPSA) is 94.2 Å². The number of fused-ring (bicyclic) bond motifs is 2. The van der Waals surface area contributed by atoms with Crippen LogP contribution in [-0.4, -0.2) is 28.0 Å². The van der Waals surface area contributed by atoms with E-state index in [4.69, 9.17) is 0 Å². The average molecular weight is 335 g/mol. The monoisotopic (exact) mass is 335 g/mol. The lowest BCUT2D eigenvalue weighted by Crippen LogP contribution is -2.40. The van der Waals surface area contributed by atoms with Crippen molar-refractivity contribution in [3.05, 3.63) is 65.9 Å². The highest BCUT2D eigenvalue weighted by atomic mass is 16.3. The number of aromatic nitrogens is 1. The predicted octanol–water partition coefficient (Wildman–Crippen LogP) is 1.88. The molecule has 0 radical (unpaired) electrons. The fraction of sp³-hybridized carbons (Fsp3) is 0.158. The maximum Gasteiger partial charge on any atom is 0.313 e. The number of nitrogens with one attached hydrogen (secondary N) is 3. The number of amides is 2. The molecule has 1 heterocycles. The maximum atomic E-state index is 12.2. The van der Waals surface area contributed by atoms with Gasteiger partial charge in [0.25, 0.3) is 0 Å². The summed E-state index contributed by atoms with van der Waals surface area (Å²) in [5.41, 5.74) is 3.33. The van der Waals surface area contributed by atoms with E-state index in [0.29, 0.717) is 12.1 Å². The third kappa shape index (κ3) is 2.88. The summed E-state index contributed by atoms with van der Waals surface area (Å²) in [5.74, 6) is -1.53. The number of H-pyrrole nitrogens is 1. The number of rotatable bonds is 2. The van der Waals surface area contributed by atoms with Crippen LogP contribution in [0.15, 0.2) is 54.7 Å². The van der Waals surface area contributed by atoms with Gasteiger partial charge in [-0.25, -0.2) is 0 Å². The quantitative estimate of drug-likeness (QED) is 0.539. The summed E-state index contributed by atoms with van der Waals surface area (Å²) < 4.78 is 0. The Morgan fingerprint density at radius 1 is 1.08 bits per heavy atom. The van der Waals surface area contributed by atoms with E-state index in [9.17, 15) is 14.7 Å². The van der Waals surface area contributed by atoms with Gasteiger partial charge in [-0.05, 0) is 35.4 Å². The largest absolute Gasteiger partial charge is 0.390 e. The molecule has 0 aliphatic heterocycles. The average Bonchev–Trinajstić information content (AvgIpc) is 3.19. The van der Waals surface area contributed by atoms with Crippen molar-refractivity contribution in [2.75, 3.05) is 5.32 Å². The summed E-state index contributed by atoms with van der Waals surface area (Å²) in [4.78, 5) is 27.5. The van der Waals surface area contributed by atoms with E-state index in [2.05, 4.69) is 15.6 Å². The van der Waals surface area contributed by atoms with Crippen LogP contribution in [0, 0.1) is 0 Å². The first-order valence-electron chi connectivity index (χ1n) is 8.07. The molecule has 0 saturated heterocycles. The lowest BCUT2D eigenvalue weighted by Gasteiger charge is -2.17. The van der Waals surface area contributed by atoms with Crippen LogP contribution in [0.1, 0.15) is 17.2 Å². The van der Waals surface area contributed by atoms with Crippen molar-refractivity contribution in [2.24, 2.45) is 0 Å². The number of hydrogen-bond acceptors (Lipinski definition) is 3. The van der Waals surface area contributed by atoms with E-state index in [1.165, 1.54) is 0 Å². The predicted molar refractivity (Wildman–Crippen MR) is 94.0 cm³/mol. The molecule has 4 N–H and O–H groups in total. The first-order chi connectivity index (χ1) is 12.1. The highest BCUT2D eigenvalue weighted by Crippen LogP contribution is 2.31. The Bertz CT molecular complexity index is 963. The van der Waals surface area contributed by atoms with Crippen molar-refractivity contribution >= 4 is 28.4 Å². The lowest BCUT2D eigenvalue weighted by molar-refractivity contribution is -0.137. The highest BCUT2D eigenvalue weighted by Gasteiger charge is 2.33. The third-order valence-electron chi connectivity index (χ3n) is 4.51. The normalized spacial score (nSPS) is 18.8. The van der Waals surface area contributed by atoms with Gasteiger partial charge in [0, 0.05) is 29.2 Å². The Morgan fingerprint density at radius 2 is 1.92 bits per heavy atom. The number of carbonyl (C=O) groups excluding carboxylic acids is 2. The smallest absolute Gasteiger partial charge is 0.313 e. The first kappa shape index (κ1) is 15.4. The zero-order valence-corrected chi connectivity index (χ0v) is 13.3. The Morgan fingerprint density at radius 3 is 2.80 bits per heavy atom. The van der Waals surface area contributed by atoms with Crippen LogP contribution >= 0.6 is 0 Å². The molecule has 0 spiro atoms. The summed E-state index contributed by atoms with van der Waals surface area (Å²) in [7, 11) is 0. The summed E-state index contributed by atoms with van der Waals surface area (Å²) >= 11 is 0. The van der Waals surface area contributed by atoms with Gasteiger partial charge in [-0.1, -0.05) is 24.3 Å². The molecule has 0 saturated carbocycles. The molecule has 3 aromatic rings. The van der Waals surface area contributed by atoms with Crippen LogP contribution in [0.5, 0.6) is 0 Å². The van der Waals surface area contributed by atoms with Gasteiger partial charge in [0.1, 0.15) is 0 Å². The summed E-state index contributed by atoms with van der Waals surface area (Å²) in [6.07, 6.45) is 1.54. The van der Waals surface area contributed by atoms with Crippen LogP contribution in [0.3, 0.4) is 0 Å². The van der Waals surface area contributed by atoms with Gasteiger partial charge in [-0.2, -0.15) is 0 Å². The molecule has 2 atom stereocenters. The molecule has 25 heavy (non-hydrogen) atoms. The Kier molecular flexibility index (Phi) is 3.74. The first-order valence-corrected chi connectivity index (χ1v) is 8.07. The molecule has 6 nitrogen and oxygen atoms in total.